The summed E-state index contributed by atoms with van der Waals surface area (Å²) < 4.78 is 0. The number of carbonyl (C=O) groups excluding carboxylic acids is 1. The highest BCUT2D eigenvalue weighted by atomic mass is 16.6. The van der Waals surface area contributed by atoms with Crippen LogP contribution in [-0.4, -0.2) is 23.4 Å². The third-order valence-corrected chi connectivity index (χ3v) is 3.06. The number of anilines is 1. The van der Waals surface area contributed by atoms with Crippen LogP contribution < -0.4 is 10.6 Å². The van der Waals surface area contributed by atoms with Gasteiger partial charge in [-0.1, -0.05) is 6.92 Å². The first-order chi connectivity index (χ1) is 8.80. The van der Waals surface area contributed by atoms with Crippen molar-refractivity contribution in [1.29, 1.82) is 0 Å². The summed E-state index contributed by atoms with van der Waals surface area (Å²) in [6.45, 7) is 5.69. The maximum absolute atomic E-state index is 12.2. The zero-order chi connectivity index (χ0) is 14.6. The van der Waals surface area contributed by atoms with E-state index in [1.165, 1.54) is 12.1 Å². The van der Waals surface area contributed by atoms with Crippen LogP contribution in [0.15, 0.2) is 18.2 Å². The van der Waals surface area contributed by atoms with Gasteiger partial charge in [-0.25, -0.2) is 0 Å². The Morgan fingerprint density at radius 1 is 1.42 bits per heavy atom. The molecule has 0 spiro atoms. The molecule has 0 saturated heterocycles. The molecule has 0 radical (unpaired) electrons. The number of nitro benzene ring substituents is 1. The molecule has 0 aromatic heterocycles. The zero-order valence-electron chi connectivity index (χ0n) is 11.6. The molecular weight excluding hydrogens is 246 g/mol. The van der Waals surface area contributed by atoms with Gasteiger partial charge in [0.25, 0.3) is 11.6 Å². The van der Waals surface area contributed by atoms with E-state index in [1.807, 2.05) is 20.8 Å². The molecule has 0 heterocycles. The van der Waals surface area contributed by atoms with Crippen molar-refractivity contribution < 1.29 is 9.72 Å². The number of nitrogens with zero attached hydrogens (tertiary/aromatic N) is 1. The second kappa shape index (κ2) is 5.69. The highest BCUT2D eigenvalue weighted by molar-refractivity contribution is 5.99. The molecule has 6 heteroatoms. The average molecular weight is 265 g/mol. The molecule has 19 heavy (non-hydrogen) atoms. The van der Waals surface area contributed by atoms with E-state index in [9.17, 15) is 14.9 Å². The number of hydrogen-bond donors (Lipinski definition) is 2. The second-order valence-electron chi connectivity index (χ2n) is 4.93. The van der Waals surface area contributed by atoms with Crippen LogP contribution in [0.25, 0.3) is 0 Å². The molecule has 0 bridgehead atoms. The minimum absolute atomic E-state index is 0.0679. The topological polar surface area (TPSA) is 84.3 Å². The van der Waals surface area contributed by atoms with Gasteiger partial charge in [0.2, 0.25) is 0 Å². The van der Waals surface area contributed by atoms with E-state index in [1.54, 1.807) is 13.1 Å². The highest BCUT2D eigenvalue weighted by Crippen LogP contribution is 2.23. The van der Waals surface area contributed by atoms with Crippen LogP contribution in [0.3, 0.4) is 0 Å². The van der Waals surface area contributed by atoms with Crippen molar-refractivity contribution in [1.82, 2.24) is 5.32 Å². The Labute approximate surface area is 112 Å². The fourth-order valence-electron chi connectivity index (χ4n) is 1.50. The van der Waals surface area contributed by atoms with Gasteiger partial charge < -0.3 is 10.6 Å². The Kier molecular flexibility index (Phi) is 4.47. The normalized spacial score (nSPS) is 10.9. The minimum Gasteiger partial charge on any atom is -0.388 e. The predicted octanol–water partition coefficient (Wildman–Crippen LogP) is 2.55. The number of nitrogens with one attached hydrogen (secondary N) is 2. The molecule has 1 amide bonds. The van der Waals surface area contributed by atoms with Gasteiger partial charge in [0.05, 0.1) is 4.92 Å². The van der Waals surface area contributed by atoms with Crippen LogP contribution in [0.5, 0.6) is 0 Å². The summed E-state index contributed by atoms with van der Waals surface area (Å²) in [6, 6.07) is 4.39. The van der Waals surface area contributed by atoms with Crippen LogP contribution in [0.2, 0.25) is 0 Å². The van der Waals surface area contributed by atoms with Crippen molar-refractivity contribution in [3.63, 3.8) is 0 Å². The summed E-state index contributed by atoms with van der Waals surface area (Å²) in [6.07, 6.45) is 0.734. The van der Waals surface area contributed by atoms with E-state index in [2.05, 4.69) is 10.6 Å². The predicted molar refractivity (Wildman–Crippen MR) is 74.5 cm³/mol. The molecule has 1 aromatic carbocycles. The Hall–Kier alpha value is -2.11. The van der Waals surface area contributed by atoms with Gasteiger partial charge in [-0.3, -0.25) is 14.9 Å². The summed E-state index contributed by atoms with van der Waals surface area (Å²) in [5, 5.41) is 16.6. The van der Waals surface area contributed by atoms with Crippen molar-refractivity contribution in [2.75, 3.05) is 12.4 Å². The minimum atomic E-state index is -0.548. The Morgan fingerprint density at radius 2 is 2.05 bits per heavy atom. The summed E-state index contributed by atoms with van der Waals surface area (Å²) in [5.41, 5.74) is 0.132. The monoisotopic (exact) mass is 265 g/mol. The summed E-state index contributed by atoms with van der Waals surface area (Å²) in [4.78, 5) is 22.6. The lowest BCUT2D eigenvalue weighted by molar-refractivity contribution is -0.385. The first-order valence-electron chi connectivity index (χ1n) is 6.09. The van der Waals surface area contributed by atoms with Crippen molar-refractivity contribution in [2.24, 2.45) is 0 Å². The molecule has 0 unspecified atom stereocenters. The lowest BCUT2D eigenvalue weighted by Crippen LogP contribution is -2.42. The van der Waals surface area contributed by atoms with Crippen molar-refractivity contribution in [3.05, 3.63) is 33.9 Å². The van der Waals surface area contributed by atoms with Gasteiger partial charge in [0.1, 0.15) is 5.56 Å². The van der Waals surface area contributed by atoms with Gasteiger partial charge in [0, 0.05) is 24.3 Å². The Morgan fingerprint density at radius 3 is 2.53 bits per heavy atom. The van der Waals surface area contributed by atoms with Crippen LogP contribution in [-0.2, 0) is 0 Å². The van der Waals surface area contributed by atoms with Gasteiger partial charge in [-0.05, 0) is 32.4 Å². The summed E-state index contributed by atoms with van der Waals surface area (Å²) in [7, 11) is 1.69. The molecule has 0 aliphatic carbocycles. The van der Waals surface area contributed by atoms with Crippen molar-refractivity contribution >= 4 is 17.3 Å². The quantitative estimate of drug-likeness (QED) is 0.633. The Balaban J connectivity index is 3.16. The lowest BCUT2D eigenvalue weighted by Gasteiger charge is -2.24. The van der Waals surface area contributed by atoms with Gasteiger partial charge in [-0.15, -0.1) is 0 Å². The van der Waals surface area contributed by atoms with Gasteiger partial charge in [-0.2, -0.15) is 0 Å². The molecule has 0 fully saturated rings. The number of hydrogen-bond acceptors (Lipinski definition) is 4. The van der Waals surface area contributed by atoms with Crippen LogP contribution >= 0.6 is 0 Å². The molecule has 104 valence electrons. The van der Waals surface area contributed by atoms with E-state index in [0.717, 1.165) is 6.42 Å². The largest absolute Gasteiger partial charge is 0.388 e. The molecule has 0 aliphatic rings. The third-order valence-electron chi connectivity index (χ3n) is 3.06. The highest BCUT2D eigenvalue weighted by Gasteiger charge is 2.25. The van der Waals surface area contributed by atoms with E-state index in [0.29, 0.717) is 5.69 Å². The zero-order valence-corrected chi connectivity index (χ0v) is 11.6. The maximum Gasteiger partial charge on any atom is 0.282 e. The molecule has 1 rings (SSSR count). The fourth-order valence-corrected chi connectivity index (χ4v) is 1.50. The molecule has 0 saturated carbocycles. The number of amides is 1. The van der Waals surface area contributed by atoms with E-state index in [-0.39, 0.29) is 11.3 Å². The van der Waals surface area contributed by atoms with Gasteiger partial charge in [0.15, 0.2) is 0 Å². The molecule has 0 aliphatic heterocycles. The van der Waals surface area contributed by atoms with E-state index < -0.39 is 16.4 Å². The number of carbonyl (C=O) groups is 1. The maximum atomic E-state index is 12.2. The molecular formula is C13H19N3O3. The fraction of sp³-hybridized carbons (Fsp3) is 0.462. The SMILES string of the molecule is CCC(C)(C)NC(=O)c1cc(NC)ccc1[N+](=O)[O-]. The van der Waals surface area contributed by atoms with Crippen LogP contribution in [0, 0.1) is 10.1 Å². The first-order valence-corrected chi connectivity index (χ1v) is 6.09. The molecule has 2 N–H and O–H groups in total. The van der Waals surface area contributed by atoms with Crippen molar-refractivity contribution in [3.8, 4) is 0 Å². The van der Waals surface area contributed by atoms with Gasteiger partial charge >= 0.3 is 0 Å². The van der Waals surface area contributed by atoms with Crippen molar-refractivity contribution in [2.45, 2.75) is 32.7 Å². The number of benzene rings is 1. The lowest BCUT2D eigenvalue weighted by atomic mass is 10.0. The Bertz CT molecular complexity index is 498. The third kappa shape index (κ3) is 3.67. The van der Waals surface area contributed by atoms with E-state index >= 15 is 0 Å². The molecule has 6 nitrogen and oxygen atoms in total. The molecule has 0 atom stereocenters. The summed E-state index contributed by atoms with van der Waals surface area (Å²) in [5.74, 6) is -0.435. The smallest absolute Gasteiger partial charge is 0.282 e. The number of nitro groups is 1. The standard InChI is InChI=1S/C13H19N3O3/c1-5-13(2,3)15-12(17)10-8-9(14-4)6-7-11(10)16(18)19/h6-8,14H,5H2,1-4H3,(H,15,17). The second-order valence-corrected chi connectivity index (χ2v) is 4.93. The van der Waals surface area contributed by atoms with Crippen LogP contribution in [0.1, 0.15) is 37.6 Å². The average Bonchev–Trinajstić information content (AvgIpc) is 2.37. The first kappa shape index (κ1) is 14.9. The van der Waals surface area contributed by atoms with Crippen LogP contribution in [0.4, 0.5) is 11.4 Å². The van der Waals surface area contributed by atoms with E-state index in [4.69, 9.17) is 0 Å². The summed E-state index contributed by atoms with van der Waals surface area (Å²) >= 11 is 0. The number of rotatable bonds is 5. The molecule has 1 aromatic rings.